The summed E-state index contributed by atoms with van der Waals surface area (Å²) in [7, 11) is 1.36. The van der Waals surface area contributed by atoms with E-state index in [1.807, 2.05) is 19.9 Å². The number of nitrogens with zero attached hydrogens (tertiary/aromatic N) is 2. The molecule has 0 aliphatic carbocycles. The molecule has 0 amide bonds. The van der Waals surface area contributed by atoms with E-state index in [0.717, 1.165) is 28.8 Å². The SMILES string of the molecule is CCc1c(C)ncc(C(=O)OC)c1-c1ccnc(Cl)c1. The standard InChI is InChI=1S/C15H15ClN2O2/c1-4-11-9(2)18-8-12(15(19)20-3)14(11)10-5-6-17-13(16)7-10/h5-8H,4H2,1-3H3. The van der Waals surface area contributed by atoms with Crippen LogP contribution in [-0.2, 0) is 11.2 Å². The lowest BCUT2D eigenvalue weighted by Gasteiger charge is -2.14. The number of pyridine rings is 2. The van der Waals surface area contributed by atoms with Crippen molar-refractivity contribution in [3.8, 4) is 11.1 Å². The lowest BCUT2D eigenvalue weighted by atomic mass is 9.94. The third-order valence-electron chi connectivity index (χ3n) is 3.17. The van der Waals surface area contributed by atoms with E-state index in [0.29, 0.717) is 10.7 Å². The molecule has 4 nitrogen and oxygen atoms in total. The van der Waals surface area contributed by atoms with E-state index < -0.39 is 5.97 Å². The van der Waals surface area contributed by atoms with Crippen LogP contribution in [0.15, 0.2) is 24.5 Å². The maximum atomic E-state index is 12.0. The number of methoxy groups -OCH3 is 1. The van der Waals surface area contributed by atoms with E-state index in [4.69, 9.17) is 16.3 Å². The van der Waals surface area contributed by atoms with Gasteiger partial charge in [-0.3, -0.25) is 4.98 Å². The Balaban J connectivity index is 2.76. The summed E-state index contributed by atoms with van der Waals surface area (Å²) in [6.45, 7) is 3.95. The van der Waals surface area contributed by atoms with E-state index in [2.05, 4.69) is 9.97 Å². The van der Waals surface area contributed by atoms with E-state index in [1.54, 1.807) is 18.5 Å². The summed E-state index contributed by atoms with van der Waals surface area (Å²) >= 11 is 5.95. The van der Waals surface area contributed by atoms with Crippen LogP contribution in [0, 0.1) is 6.92 Å². The molecule has 0 radical (unpaired) electrons. The molecular formula is C15H15ClN2O2. The first-order valence-corrected chi connectivity index (χ1v) is 6.65. The third kappa shape index (κ3) is 2.65. The van der Waals surface area contributed by atoms with Gasteiger partial charge in [-0.2, -0.15) is 0 Å². The van der Waals surface area contributed by atoms with Crippen LogP contribution in [0.25, 0.3) is 11.1 Å². The number of hydrogen-bond donors (Lipinski definition) is 0. The van der Waals surface area contributed by atoms with E-state index in [9.17, 15) is 4.79 Å². The number of carbonyl (C=O) groups excluding carboxylic acids is 1. The number of carbonyl (C=O) groups is 1. The quantitative estimate of drug-likeness (QED) is 0.642. The Bertz CT molecular complexity index is 656. The van der Waals surface area contributed by atoms with Crippen LogP contribution in [0.5, 0.6) is 0 Å². The summed E-state index contributed by atoms with van der Waals surface area (Å²) in [6.07, 6.45) is 3.93. The average molecular weight is 291 g/mol. The predicted molar refractivity (Wildman–Crippen MR) is 77.9 cm³/mol. The minimum atomic E-state index is -0.407. The van der Waals surface area contributed by atoms with Crippen LogP contribution in [0.3, 0.4) is 0 Å². The van der Waals surface area contributed by atoms with Gasteiger partial charge < -0.3 is 4.74 Å². The largest absolute Gasteiger partial charge is 0.465 e. The van der Waals surface area contributed by atoms with Crippen molar-refractivity contribution in [1.29, 1.82) is 0 Å². The van der Waals surface area contributed by atoms with Crippen molar-refractivity contribution in [3.63, 3.8) is 0 Å². The van der Waals surface area contributed by atoms with Crippen molar-refractivity contribution < 1.29 is 9.53 Å². The van der Waals surface area contributed by atoms with Crippen LogP contribution in [0.2, 0.25) is 5.15 Å². The molecule has 0 aliphatic heterocycles. The highest BCUT2D eigenvalue weighted by atomic mass is 35.5. The van der Waals surface area contributed by atoms with E-state index >= 15 is 0 Å². The van der Waals surface area contributed by atoms with Crippen molar-refractivity contribution in [3.05, 3.63) is 46.5 Å². The van der Waals surface area contributed by atoms with Gasteiger partial charge in [0.25, 0.3) is 0 Å². The highest BCUT2D eigenvalue weighted by Crippen LogP contribution is 2.31. The van der Waals surface area contributed by atoms with Gasteiger partial charge in [-0.25, -0.2) is 9.78 Å². The lowest BCUT2D eigenvalue weighted by Crippen LogP contribution is -2.08. The van der Waals surface area contributed by atoms with Gasteiger partial charge in [-0.15, -0.1) is 0 Å². The minimum Gasteiger partial charge on any atom is -0.465 e. The predicted octanol–water partition coefficient (Wildman–Crippen LogP) is 3.45. The molecule has 0 aliphatic rings. The molecule has 0 saturated carbocycles. The first-order valence-electron chi connectivity index (χ1n) is 6.27. The number of aromatic nitrogens is 2. The maximum absolute atomic E-state index is 12.0. The second-order valence-corrected chi connectivity index (χ2v) is 4.71. The fraction of sp³-hybridized carbons (Fsp3) is 0.267. The van der Waals surface area contributed by atoms with Gasteiger partial charge in [0.1, 0.15) is 5.15 Å². The number of halogens is 1. The Morgan fingerprint density at radius 1 is 1.40 bits per heavy atom. The highest BCUT2D eigenvalue weighted by Gasteiger charge is 2.19. The Kier molecular flexibility index (Phi) is 4.35. The molecule has 2 heterocycles. The zero-order chi connectivity index (χ0) is 14.7. The van der Waals surface area contributed by atoms with Crippen molar-refractivity contribution in [2.45, 2.75) is 20.3 Å². The van der Waals surface area contributed by atoms with E-state index in [1.165, 1.54) is 7.11 Å². The number of hydrogen-bond acceptors (Lipinski definition) is 4. The Hall–Kier alpha value is -1.94. The minimum absolute atomic E-state index is 0.384. The van der Waals surface area contributed by atoms with Gasteiger partial charge in [-0.1, -0.05) is 18.5 Å². The third-order valence-corrected chi connectivity index (χ3v) is 3.38. The molecule has 5 heteroatoms. The van der Waals surface area contributed by atoms with Crippen molar-refractivity contribution >= 4 is 17.6 Å². The van der Waals surface area contributed by atoms with Gasteiger partial charge in [0.05, 0.1) is 12.7 Å². The summed E-state index contributed by atoms with van der Waals surface area (Å²) < 4.78 is 4.84. The topological polar surface area (TPSA) is 52.1 Å². The van der Waals surface area contributed by atoms with Crippen LogP contribution < -0.4 is 0 Å². The van der Waals surface area contributed by atoms with Crippen molar-refractivity contribution in [1.82, 2.24) is 9.97 Å². The molecule has 0 atom stereocenters. The van der Waals surface area contributed by atoms with Crippen LogP contribution in [0.4, 0.5) is 0 Å². The Morgan fingerprint density at radius 2 is 2.15 bits per heavy atom. The molecule has 0 bridgehead atoms. The molecule has 0 spiro atoms. The average Bonchev–Trinajstić information content (AvgIpc) is 2.46. The molecule has 2 rings (SSSR count). The fourth-order valence-electron chi connectivity index (χ4n) is 2.23. The Morgan fingerprint density at radius 3 is 2.75 bits per heavy atom. The van der Waals surface area contributed by atoms with E-state index in [-0.39, 0.29) is 0 Å². The lowest BCUT2D eigenvalue weighted by molar-refractivity contribution is 0.0601. The molecule has 0 saturated heterocycles. The molecule has 0 fully saturated rings. The summed E-state index contributed by atoms with van der Waals surface area (Å²) in [6, 6.07) is 3.56. The molecule has 0 aromatic carbocycles. The molecule has 2 aromatic heterocycles. The monoisotopic (exact) mass is 290 g/mol. The molecular weight excluding hydrogens is 276 g/mol. The fourth-order valence-corrected chi connectivity index (χ4v) is 2.41. The summed E-state index contributed by atoms with van der Waals surface area (Å²) in [5.41, 5.74) is 4.00. The number of ether oxygens (including phenoxy) is 1. The van der Waals surface area contributed by atoms with Crippen LogP contribution in [0.1, 0.15) is 28.5 Å². The zero-order valence-corrected chi connectivity index (χ0v) is 12.4. The molecule has 0 unspecified atom stereocenters. The normalized spacial score (nSPS) is 10.4. The van der Waals surface area contributed by atoms with Crippen molar-refractivity contribution in [2.24, 2.45) is 0 Å². The summed E-state index contributed by atoms with van der Waals surface area (Å²) in [4.78, 5) is 20.2. The molecule has 2 aromatic rings. The second kappa shape index (κ2) is 6.01. The highest BCUT2D eigenvalue weighted by molar-refractivity contribution is 6.29. The molecule has 0 N–H and O–H groups in total. The van der Waals surface area contributed by atoms with Crippen molar-refractivity contribution in [2.75, 3.05) is 7.11 Å². The first-order chi connectivity index (χ1) is 9.58. The van der Waals surface area contributed by atoms with Crippen LogP contribution >= 0.6 is 11.6 Å². The maximum Gasteiger partial charge on any atom is 0.340 e. The number of rotatable bonds is 3. The van der Waals surface area contributed by atoms with Gasteiger partial charge in [0.2, 0.25) is 0 Å². The van der Waals surface area contributed by atoms with Gasteiger partial charge in [0, 0.05) is 23.7 Å². The van der Waals surface area contributed by atoms with Gasteiger partial charge >= 0.3 is 5.97 Å². The number of aryl methyl sites for hydroxylation is 1. The van der Waals surface area contributed by atoms with Gasteiger partial charge in [-0.05, 0) is 36.6 Å². The zero-order valence-electron chi connectivity index (χ0n) is 11.6. The summed E-state index contributed by atoms with van der Waals surface area (Å²) in [5, 5.41) is 0.384. The van der Waals surface area contributed by atoms with Crippen LogP contribution in [-0.4, -0.2) is 23.0 Å². The smallest absolute Gasteiger partial charge is 0.340 e. The number of esters is 1. The molecule has 104 valence electrons. The first kappa shape index (κ1) is 14.5. The van der Waals surface area contributed by atoms with Gasteiger partial charge in [0.15, 0.2) is 0 Å². The second-order valence-electron chi connectivity index (χ2n) is 4.32. The Labute approximate surface area is 122 Å². The summed E-state index contributed by atoms with van der Waals surface area (Å²) in [5.74, 6) is -0.407. The molecule has 20 heavy (non-hydrogen) atoms.